The van der Waals surface area contributed by atoms with Crippen LogP contribution in [0.3, 0.4) is 0 Å². The molecule has 0 aliphatic carbocycles. The highest BCUT2D eigenvalue weighted by molar-refractivity contribution is 5.91. The minimum absolute atomic E-state index is 0.131. The first kappa shape index (κ1) is 19.5. The number of benzene rings is 2. The molecule has 0 bridgehead atoms. The van der Waals surface area contributed by atoms with Crippen LogP contribution in [0.2, 0.25) is 0 Å². The van der Waals surface area contributed by atoms with Crippen LogP contribution in [0.1, 0.15) is 17.8 Å². The Hall–Kier alpha value is -3.28. The number of amides is 1. The maximum absolute atomic E-state index is 12.1. The molecule has 0 saturated heterocycles. The number of nitrogens with zero attached hydrogens (tertiary/aromatic N) is 2. The lowest BCUT2D eigenvalue weighted by molar-refractivity contribution is -0.116. The van der Waals surface area contributed by atoms with E-state index in [1.165, 1.54) is 6.08 Å². The van der Waals surface area contributed by atoms with E-state index in [1.54, 1.807) is 26.4 Å². The van der Waals surface area contributed by atoms with Crippen LogP contribution in [0.4, 0.5) is 0 Å². The second kappa shape index (κ2) is 9.08. The third-order valence-corrected chi connectivity index (χ3v) is 4.50. The van der Waals surface area contributed by atoms with Gasteiger partial charge in [-0.05, 0) is 49.2 Å². The smallest absolute Gasteiger partial charge is 0.244 e. The van der Waals surface area contributed by atoms with E-state index in [-0.39, 0.29) is 5.91 Å². The molecule has 6 heteroatoms. The second-order valence-electron chi connectivity index (χ2n) is 6.42. The standard InChI is InChI=1S/C22H25N3O3/c1-16-24-20-7-4-5-8-21(20)25(16)12-6-11-23-22(26)10-9-17-13-18(27-2)15-19(14-17)28-3/h4-5,7-10,13-15H,6,11-12H2,1-3H3,(H,23,26)/b10-9+. The maximum Gasteiger partial charge on any atom is 0.244 e. The Bertz CT molecular complexity index is 970. The van der Waals surface area contributed by atoms with E-state index in [4.69, 9.17) is 9.47 Å². The summed E-state index contributed by atoms with van der Waals surface area (Å²) < 4.78 is 12.7. The van der Waals surface area contributed by atoms with Crippen LogP contribution in [0.15, 0.2) is 48.5 Å². The first-order valence-corrected chi connectivity index (χ1v) is 9.21. The lowest BCUT2D eigenvalue weighted by atomic mass is 10.2. The van der Waals surface area contributed by atoms with Crippen molar-refractivity contribution < 1.29 is 14.3 Å². The fourth-order valence-corrected chi connectivity index (χ4v) is 3.08. The molecule has 28 heavy (non-hydrogen) atoms. The van der Waals surface area contributed by atoms with Crippen molar-refractivity contribution >= 4 is 23.0 Å². The van der Waals surface area contributed by atoms with E-state index >= 15 is 0 Å². The zero-order valence-corrected chi connectivity index (χ0v) is 16.4. The Labute approximate surface area is 164 Å². The number of aromatic nitrogens is 2. The number of carbonyl (C=O) groups is 1. The van der Waals surface area contributed by atoms with Crippen molar-refractivity contribution in [3.8, 4) is 11.5 Å². The Morgan fingerprint density at radius 3 is 2.57 bits per heavy atom. The van der Waals surface area contributed by atoms with E-state index in [2.05, 4.69) is 20.9 Å². The Morgan fingerprint density at radius 2 is 1.86 bits per heavy atom. The van der Waals surface area contributed by atoms with Gasteiger partial charge in [0.25, 0.3) is 0 Å². The molecule has 0 saturated carbocycles. The van der Waals surface area contributed by atoms with Crippen molar-refractivity contribution in [3.63, 3.8) is 0 Å². The van der Waals surface area contributed by atoms with Crippen molar-refractivity contribution in [3.05, 3.63) is 59.9 Å². The van der Waals surface area contributed by atoms with Crippen LogP contribution >= 0.6 is 0 Å². The van der Waals surface area contributed by atoms with E-state index in [9.17, 15) is 4.79 Å². The second-order valence-corrected chi connectivity index (χ2v) is 6.42. The largest absolute Gasteiger partial charge is 0.497 e. The third kappa shape index (κ3) is 4.71. The highest BCUT2D eigenvalue weighted by atomic mass is 16.5. The number of hydrogen-bond acceptors (Lipinski definition) is 4. The molecule has 0 radical (unpaired) electrons. The van der Waals surface area contributed by atoms with E-state index in [1.807, 2.05) is 37.3 Å². The van der Waals surface area contributed by atoms with Gasteiger partial charge in [-0.1, -0.05) is 12.1 Å². The lowest BCUT2D eigenvalue weighted by Crippen LogP contribution is -2.23. The predicted octanol–water partition coefficient (Wildman–Crippen LogP) is 3.58. The van der Waals surface area contributed by atoms with Crippen LogP contribution < -0.4 is 14.8 Å². The van der Waals surface area contributed by atoms with Crippen molar-refractivity contribution in [2.45, 2.75) is 19.9 Å². The lowest BCUT2D eigenvalue weighted by Gasteiger charge is -2.07. The normalized spacial score (nSPS) is 11.1. The van der Waals surface area contributed by atoms with E-state index in [0.29, 0.717) is 18.0 Å². The van der Waals surface area contributed by atoms with E-state index in [0.717, 1.165) is 35.4 Å². The molecule has 3 aromatic rings. The van der Waals surface area contributed by atoms with Crippen LogP contribution in [-0.4, -0.2) is 36.2 Å². The summed E-state index contributed by atoms with van der Waals surface area (Å²) in [5, 5.41) is 2.92. The van der Waals surface area contributed by atoms with E-state index < -0.39 is 0 Å². The molecular weight excluding hydrogens is 354 g/mol. The molecule has 0 aliphatic heterocycles. The van der Waals surface area contributed by atoms with Gasteiger partial charge in [0.05, 0.1) is 25.3 Å². The number of nitrogens with one attached hydrogen (secondary N) is 1. The zero-order chi connectivity index (χ0) is 19.9. The molecule has 1 amide bonds. The molecule has 6 nitrogen and oxygen atoms in total. The van der Waals surface area contributed by atoms with Gasteiger partial charge < -0.3 is 19.4 Å². The summed E-state index contributed by atoms with van der Waals surface area (Å²) in [6, 6.07) is 13.6. The summed E-state index contributed by atoms with van der Waals surface area (Å²) in [6.45, 7) is 3.41. The summed E-state index contributed by atoms with van der Waals surface area (Å²) in [5.74, 6) is 2.22. The molecule has 1 N–H and O–H groups in total. The number of methoxy groups -OCH3 is 2. The summed E-state index contributed by atoms with van der Waals surface area (Å²) in [5.41, 5.74) is 2.96. The van der Waals surface area contributed by atoms with Crippen LogP contribution in [0.5, 0.6) is 11.5 Å². The Balaban J connectivity index is 1.52. The van der Waals surface area contributed by atoms with Gasteiger partial charge in [-0.25, -0.2) is 4.98 Å². The number of rotatable bonds is 8. The SMILES string of the molecule is COc1cc(/C=C/C(=O)NCCCn2c(C)nc3ccccc32)cc(OC)c1. The van der Waals surface area contributed by atoms with Gasteiger partial charge in [-0.3, -0.25) is 4.79 Å². The number of imidazole rings is 1. The quantitative estimate of drug-likeness (QED) is 0.480. The van der Waals surface area contributed by atoms with Gasteiger partial charge in [0.15, 0.2) is 0 Å². The van der Waals surface area contributed by atoms with Gasteiger partial charge >= 0.3 is 0 Å². The number of para-hydroxylation sites is 2. The molecular formula is C22H25N3O3. The molecule has 3 rings (SSSR count). The van der Waals surface area contributed by atoms with Gasteiger partial charge in [0, 0.05) is 25.2 Å². The first-order chi connectivity index (χ1) is 13.6. The average Bonchev–Trinajstić information content (AvgIpc) is 3.04. The molecule has 146 valence electrons. The fourth-order valence-electron chi connectivity index (χ4n) is 3.08. The highest BCUT2D eigenvalue weighted by Gasteiger charge is 2.06. The summed E-state index contributed by atoms with van der Waals surface area (Å²) in [7, 11) is 3.19. The highest BCUT2D eigenvalue weighted by Crippen LogP contribution is 2.23. The van der Waals surface area contributed by atoms with Gasteiger partial charge in [0.2, 0.25) is 5.91 Å². The average molecular weight is 379 g/mol. The molecule has 0 fully saturated rings. The fraction of sp³-hybridized carbons (Fsp3) is 0.273. The molecule has 2 aromatic carbocycles. The van der Waals surface area contributed by atoms with Gasteiger partial charge in [-0.15, -0.1) is 0 Å². The Morgan fingerprint density at radius 1 is 1.14 bits per heavy atom. The monoisotopic (exact) mass is 379 g/mol. The zero-order valence-electron chi connectivity index (χ0n) is 16.4. The van der Waals surface area contributed by atoms with Crippen molar-refractivity contribution in [1.29, 1.82) is 0 Å². The number of hydrogen-bond donors (Lipinski definition) is 1. The summed E-state index contributed by atoms with van der Waals surface area (Å²) in [6.07, 6.45) is 4.09. The van der Waals surface area contributed by atoms with Crippen molar-refractivity contribution in [1.82, 2.24) is 14.9 Å². The van der Waals surface area contributed by atoms with Crippen molar-refractivity contribution in [2.24, 2.45) is 0 Å². The summed E-state index contributed by atoms with van der Waals surface area (Å²) >= 11 is 0. The number of aryl methyl sites for hydroxylation is 2. The van der Waals surface area contributed by atoms with Crippen molar-refractivity contribution in [2.75, 3.05) is 20.8 Å². The number of fused-ring (bicyclic) bond motifs is 1. The molecule has 0 aliphatic rings. The molecule has 0 atom stereocenters. The number of ether oxygens (including phenoxy) is 2. The minimum Gasteiger partial charge on any atom is -0.497 e. The first-order valence-electron chi connectivity index (χ1n) is 9.21. The Kier molecular flexibility index (Phi) is 6.32. The molecule has 0 spiro atoms. The molecule has 0 unspecified atom stereocenters. The topological polar surface area (TPSA) is 65.4 Å². The van der Waals surface area contributed by atoms with Crippen LogP contribution in [-0.2, 0) is 11.3 Å². The summed E-state index contributed by atoms with van der Waals surface area (Å²) in [4.78, 5) is 16.6. The van der Waals surface area contributed by atoms with Gasteiger partial charge in [-0.2, -0.15) is 0 Å². The van der Waals surface area contributed by atoms with Crippen LogP contribution in [0.25, 0.3) is 17.1 Å². The van der Waals surface area contributed by atoms with Gasteiger partial charge in [0.1, 0.15) is 17.3 Å². The molecule has 1 heterocycles. The minimum atomic E-state index is -0.131. The predicted molar refractivity (Wildman–Crippen MR) is 111 cm³/mol. The van der Waals surface area contributed by atoms with Crippen LogP contribution in [0, 0.1) is 6.92 Å². The maximum atomic E-state index is 12.1. The molecule has 1 aromatic heterocycles. The third-order valence-electron chi connectivity index (χ3n) is 4.50. The number of carbonyl (C=O) groups excluding carboxylic acids is 1.